The summed E-state index contributed by atoms with van der Waals surface area (Å²) in [4.78, 5) is 14.0. The topological polar surface area (TPSA) is 102 Å². The minimum Gasteiger partial charge on any atom is -0.258 e. The van der Waals surface area contributed by atoms with Crippen LogP contribution in [0.5, 0.6) is 0 Å². The first-order chi connectivity index (χ1) is 9.40. The van der Waals surface area contributed by atoms with E-state index in [9.17, 15) is 18.5 Å². The average molecular weight is 293 g/mol. The largest absolute Gasteiger partial charge is 0.312 e. The minimum absolute atomic E-state index is 0.0108. The Balaban J connectivity index is 2.43. The van der Waals surface area contributed by atoms with Gasteiger partial charge in [-0.2, -0.15) is 0 Å². The lowest BCUT2D eigenvalue weighted by atomic mass is 10.3. The van der Waals surface area contributed by atoms with E-state index < -0.39 is 14.9 Å². The number of sulfonamides is 1. The van der Waals surface area contributed by atoms with E-state index in [1.807, 2.05) is 0 Å². The van der Waals surface area contributed by atoms with Gasteiger partial charge in [0.05, 0.1) is 9.82 Å². The number of nitrogens with zero attached hydrogens (tertiary/aromatic N) is 2. The normalized spacial score (nSPS) is 11.1. The molecule has 0 aliphatic heterocycles. The van der Waals surface area contributed by atoms with Crippen LogP contribution in [-0.2, 0) is 10.0 Å². The first kappa shape index (κ1) is 13.9. The Morgan fingerprint density at radius 2 is 1.90 bits per heavy atom. The highest BCUT2D eigenvalue weighted by molar-refractivity contribution is 7.92. The third kappa shape index (κ3) is 2.91. The number of benzene rings is 1. The van der Waals surface area contributed by atoms with Crippen LogP contribution in [0.1, 0.15) is 5.56 Å². The van der Waals surface area contributed by atoms with Crippen molar-refractivity contribution in [2.45, 2.75) is 11.8 Å². The van der Waals surface area contributed by atoms with Crippen molar-refractivity contribution in [1.82, 2.24) is 4.98 Å². The second-order valence-corrected chi connectivity index (χ2v) is 5.74. The summed E-state index contributed by atoms with van der Waals surface area (Å²) in [6.45, 7) is 1.63. The standard InChI is InChI=1S/C12H11N3O4S/c1-9-7-11(15(16)17)12(13-8-9)14-20(18,19)10-5-3-2-4-6-10/h2-8H,1H3,(H,13,14). The third-order valence-electron chi connectivity index (χ3n) is 2.49. The van der Waals surface area contributed by atoms with Crippen molar-refractivity contribution in [3.05, 3.63) is 58.3 Å². The van der Waals surface area contributed by atoms with E-state index in [0.29, 0.717) is 5.56 Å². The van der Waals surface area contributed by atoms with Gasteiger partial charge in [0.2, 0.25) is 5.82 Å². The van der Waals surface area contributed by atoms with Crippen LogP contribution in [0.3, 0.4) is 0 Å². The molecule has 2 rings (SSSR count). The fourth-order valence-corrected chi connectivity index (χ4v) is 2.60. The van der Waals surface area contributed by atoms with Crippen molar-refractivity contribution < 1.29 is 13.3 Å². The van der Waals surface area contributed by atoms with Gasteiger partial charge in [-0.1, -0.05) is 18.2 Å². The molecule has 1 heterocycles. The molecule has 0 radical (unpaired) electrons. The molecule has 0 amide bonds. The van der Waals surface area contributed by atoms with E-state index in [2.05, 4.69) is 9.71 Å². The number of aromatic nitrogens is 1. The van der Waals surface area contributed by atoms with Crippen LogP contribution >= 0.6 is 0 Å². The van der Waals surface area contributed by atoms with Crippen molar-refractivity contribution in [2.24, 2.45) is 0 Å². The van der Waals surface area contributed by atoms with Gasteiger partial charge in [-0.25, -0.2) is 13.4 Å². The van der Waals surface area contributed by atoms with Crippen LogP contribution in [0.2, 0.25) is 0 Å². The Morgan fingerprint density at radius 3 is 2.50 bits per heavy atom. The van der Waals surface area contributed by atoms with E-state index in [-0.39, 0.29) is 16.4 Å². The Hall–Kier alpha value is -2.48. The minimum atomic E-state index is -3.90. The summed E-state index contributed by atoms with van der Waals surface area (Å²) < 4.78 is 26.3. The molecule has 20 heavy (non-hydrogen) atoms. The van der Waals surface area contributed by atoms with E-state index in [1.165, 1.54) is 24.4 Å². The summed E-state index contributed by atoms with van der Waals surface area (Å²) in [7, 11) is -3.90. The molecule has 0 unspecified atom stereocenters. The van der Waals surface area contributed by atoms with Crippen LogP contribution < -0.4 is 4.72 Å². The van der Waals surface area contributed by atoms with E-state index >= 15 is 0 Å². The maximum Gasteiger partial charge on any atom is 0.312 e. The fourth-order valence-electron chi connectivity index (χ4n) is 1.56. The van der Waals surface area contributed by atoms with E-state index in [4.69, 9.17) is 0 Å². The molecule has 0 aliphatic carbocycles. The molecule has 2 aromatic rings. The summed E-state index contributed by atoms with van der Waals surface area (Å²) in [5, 5.41) is 10.9. The van der Waals surface area contributed by atoms with Crippen molar-refractivity contribution in [3.8, 4) is 0 Å². The highest BCUT2D eigenvalue weighted by Gasteiger charge is 2.22. The van der Waals surface area contributed by atoms with Gasteiger partial charge in [-0.05, 0) is 24.6 Å². The van der Waals surface area contributed by atoms with Gasteiger partial charge < -0.3 is 0 Å². The number of pyridine rings is 1. The van der Waals surface area contributed by atoms with Crippen LogP contribution in [0.25, 0.3) is 0 Å². The molecule has 1 aromatic carbocycles. The third-order valence-corrected chi connectivity index (χ3v) is 3.84. The Labute approximate surface area is 115 Å². The summed E-state index contributed by atoms with van der Waals surface area (Å²) in [6, 6.07) is 8.84. The zero-order valence-electron chi connectivity index (χ0n) is 10.5. The second-order valence-electron chi connectivity index (χ2n) is 4.06. The molecule has 0 bridgehead atoms. The van der Waals surface area contributed by atoms with Gasteiger partial charge in [0.15, 0.2) is 0 Å². The number of nitrogens with one attached hydrogen (secondary N) is 1. The summed E-state index contributed by atoms with van der Waals surface area (Å²) >= 11 is 0. The zero-order chi connectivity index (χ0) is 14.8. The van der Waals surface area contributed by atoms with Crippen molar-refractivity contribution >= 4 is 21.5 Å². The summed E-state index contributed by atoms with van der Waals surface area (Å²) in [5.74, 6) is -0.301. The molecule has 0 saturated heterocycles. The van der Waals surface area contributed by atoms with Crippen molar-refractivity contribution in [1.29, 1.82) is 0 Å². The molecule has 0 spiro atoms. The molecule has 0 aliphatic rings. The van der Waals surface area contributed by atoms with Gasteiger partial charge in [0.1, 0.15) is 0 Å². The number of nitro groups is 1. The second kappa shape index (κ2) is 5.25. The molecule has 1 N–H and O–H groups in total. The lowest BCUT2D eigenvalue weighted by Crippen LogP contribution is -2.15. The number of rotatable bonds is 4. The maximum atomic E-state index is 12.1. The highest BCUT2D eigenvalue weighted by atomic mass is 32.2. The smallest absolute Gasteiger partial charge is 0.258 e. The Morgan fingerprint density at radius 1 is 1.25 bits per heavy atom. The maximum absolute atomic E-state index is 12.1. The van der Waals surface area contributed by atoms with Crippen LogP contribution in [0, 0.1) is 17.0 Å². The monoisotopic (exact) mass is 293 g/mol. The van der Waals surface area contributed by atoms with Crippen LogP contribution in [0.4, 0.5) is 11.5 Å². The fraction of sp³-hybridized carbons (Fsp3) is 0.0833. The lowest BCUT2D eigenvalue weighted by molar-refractivity contribution is -0.384. The molecule has 0 saturated carbocycles. The SMILES string of the molecule is Cc1cnc(NS(=O)(=O)c2ccccc2)c([N+](=O)[O-])c1. The van der Waals surface area contributed by atoms with Gasteiger partial charge in [0.25, 0.3) is 10.0 Å². The predicted molar refractivity (Wildman–Crippen MR) is 72.9 cm³/mol. The lowest BCUT2D eigenvalue weighted by Gasteiger charge is -2.07. The zero-order valence-corrected chi connectivity index (χ0v) is 11.3. The molecular weight excluding hydrogens is 282 g/mol. The Kier molecular flexibility index (Phi) is 3.66. The molecule has 7 nitrogen and oxygen atoms in total. The van der Waals surface area contributed by atoms with Crippen molar-refractivity contribution in [3.63, 3.8) is 0 Å². The summed E-state index contributed by atoms with van der Waals surface area (Å²) in [6.07, 6.45) is 1.36. The number of anilines is 1. The number of hydrogen-bond acceptors (Lipinski definition) is 5. The average Bonchev–Trinajstić information content (AvgIpc) is 2.41. The van der Waals surface area contributed by atoms with Gasteiger partial charge in [-0.15, -0.1) is 0 Å². The molecule has 8 heteroatoms. The first-order valence-corrected chi connectivity index (χ1v) is 7.07. The first-order valence-electron chi connectivity index (χ1n) is 5.59. The van der Waals surface area contributed by atoms with E-state index in [0.717, 1.165) is 0 Å². The van der Waals surface area contributed by atoms with Gasteiger partial charge >= 0.3 is 5.69 Å². The molecular formula is C12H11N3O4S. The van der Waals surface area contributed by atoms with E-state index in [1.54, 1.807) is 25.1 Å². The molecule has 1 aromatic heterocycles. The highest BCUT2D eigenvalue weighted by Crippen LogP contribution is 2.25. The molecule has 0 atom stereocenters. The van der Waals surface area contributed by atoms with Gasteiger partial charge in [0, 0.05) is 12.3 Å². The summed E-state index contributed by atoms with van der Waals surface area (Å²) in [5.41, 5.74) is 0.184. The molecule has 0 fully saturated rings. The van der Waals surface area contributed by atoms with Crippen molar-refractivity contribution in [2.75, 3.05) is 4.72 Å². The van der Waals surface area contributed by atoms with Gasteiger partial charge in [-0.3, -0.25) is 14.8 Å². The van der Waals surface area contributed by atoms with Crippen LogP contribution in [0.15, 0.2) is 47.5 Å². The van der Waals surface area contributed by atoms with Crippen LogP contribution in [-0.4, -0.2) is 18.3 Å². The Bertz CT molecular complexity index is 745. The molecule has 104 valence electrons. The number of aryl methyl sites for hydroxylation is 1. The predicted octanol–water partition coefficient (Wildman–Crippen LogP) is 2.10. The number of hydrogen-bond donors (Lipinski definition) is 1. The quantitative estimate of drug-likeness (QED) is 0.687.